The fraction of sp³-hybridized carbons (Fsp3) is 0.333. The second kappa shape index (κ2) is 3.32. The summed E-state index contributed by atoms with van der Waals surface area (Å²) in [6.07, 6.45) is -4.55. The number of nitrogens with one attached hydrogen (secondary N) is 2. The summed E-state index contributed by atoms with van der Waals surface area (Å²) in [6, 6.07) is 3.63. The number of fused-ring (bicyclic) bond motifs is 3. The quantitative estimate of drug-likeness (QED) is 0.750. The molecule has 2 aliphatic carbocycles. The second-order valence-corrected chi connectivity index (χ2v) is 5.05. The second-order valence-electron chi connectivity index (χ2n) is 5.05. The Bertz CT molecular complexity index is 746. The van der Waals surface area contributed by atoms with E-state index in [1.165, 1.54) is 0 Å². The molecule has 1 amide bonds. The van der Waals surface area contributed by atoms with Crippen molar-refractivity contribution < 1.29 is 22.7 Å². The number of halogens is 3. The molecule has 1 aliphatic heterocycles. The number of benzene rings is 1. The number of carbonyl (C=O) groups is 1. The molecule has 1 saturated heterocycles. The number of carbonyl (C=O) groups excluding carboxylic acids is 1. The van der Waals surface area contributed by atoms with Crippen molar-refractivity contribution in [2.45, 2.75) is 11.7 Å². The molecular weight excluding hydrogens is 275 g/mol. The third kappa shape index (κ3) is 1.36. The molecule has 1 aromatic rings. The number of H-pyrrole nitrogens is 1. The first-order valence-electron chi connectivity index (χ1n) is 5.91. The van der Waals surface area contributed by atoms with Crippen molar-refractivity contribution in [1.82, 2.24) is 15.5 Å². The number of aromatic amines is 1. The highest BCUT2D eigenvalue weighted by Gasteiger charge is 2.61. The van der Waals surface area contributed by atoms with Gasteiger partial charge in [-0.1, -0.05) is 0 Å². The molecular formula is C12H8F3N3O2. The van der Waals surface area contributed by atoms with Gasteiger partial charge in [0, 0.05) is 10.9 Å². The van der Waals surface area contributed by atoms with Gasteiger partial charge in [-0.15, -0.1) is 0 Å². The van der Waals surface area contributed by atoms with Crippen molar-refractivity contribution in [3.63, 3.8) is 0 Å². The first-order valence-corrected chi connectivity index (χ1v) is 5.91. The summed E-state index contributed by atoms with van der Waals surface area (Å²) >= 11 is 0. The summed E-state index contributed by atoms with van der Waals surface area (Å²) in [5.41, 5.74) is 0.291. The average Bonchev–Trinajstić information content (AvgIpc) is 2.79. The van der Waals surface area contributed by atoms with E-state index in [1.807, 2.05) is 11.4 Å². The third-order valence-corrected chi connectivity index (χ3v) is 3.71. The summed E-state index contributed by atoms with van der Waals surface area (Å²) in [7, 11) is 0. The lowest BCUT2D eigenvalue weighted by molar-refractivity contribution is -0.263. The Labute approximate surface area is 110 Å². The first kappa shape index (κ1) is 11.7. The van der Waals surface area contributed by atoms with E-state index in [-0.39, 0.29) is 5.69 Å². The Morgan fingerprint density at radius 1 is 1.40 bits per heavy atom. The number of rotatable bonds is 2. The molecule has 104 valence electrons. The van der Waals surface area contributed by atoms with Gasteiger partial charge in [-0.3, -0.25) is 9.89 Å². The van der Waals surface area contributed by atoms with Crippen LogP contribution in [0.2, 0.25) is 0 Å². The Balaban J connectivity index is 1.66. The van der Waals surface area contributed by atoms with Crippen molar-refractivity contribution in [2.75, 3.05) is 13.2 Å². The number of aromatic nitrogens is 2. The average molecular weight is 283 g/mol. The van der Waals surface area contributed by atoms with Gasteiger partial charge in [0.25, 0.3) is 5.91 Å². The normalized spacial score (nSPS) is 18.8. The molecule has 0 atom stereocenters. The molecule has 3 aliphatic rings. The molecule has 4 rings (SSSR count). The number of amides is 1. The van der Waals surface area contributed by atoms with Gasteiger partial charge in [-0.2, -0.15) is 18.3 Å². The molecule has 1 fully saturated rings. The van der Waals surface area contributed by atoms with Gasteiger partial charge in [0.05, 0.1) is 13.2 Å². The van der Waals surface area contributed by atoms with E-state index in [4.69, 9.17) is 0 Å². The molecule has 5 nitrogen and oxygen atoms in total. The van der Waals surface area contributed by atoms with Gasteiger partial charge in [-0.05, 0) is 17.7 Å². The SMILES string of the molecule is O=C(NC1(C(F)(F)F)COC1)c1[nH]nc2c3cc-3cc12. The van der Waals surface area contributed by atoms with Crippen LogP contribution < -0.4 is 5.32 Å². The fourth-order valence-electron chi connectivity index (χ4n) is 2.36. The van der Waals surface area contributed by atoms with E-state index in [0.29, 0.717) is 10.9 Å². The summed E-state index contributed by atoms with van der Waals surface area (Å²) in [5.74, 6) is -0.821. The van der Waals surface area contributed by atoms with Crippen LogP contribution in [-0.2, 0) is 4.74 Å². The van der Waals surface area contributed by atoms with Crippen LogP contribution in [0.5, 0.6) is 0 Å². The summed E-state index contributed by atoms with van der Waals surface area (Å²) in [6.45, 7) is -1.13. The predicted octanol–water partition coefficient (Wildman–Crippen LogP) is 1.60. The van der Waals surface area contributed by atoms with E-state index in [1.54, 1.807) is 6.07 Å². The molecule has 20 heavy (non-hydrogen) atoms. The van der Waals surface area contributed by atoms with E-state index in [0.717, 1.165) is 11.1 Å². The Kier molecular flexibility index (Phi) is 1.94. The fourth-order valence-corrected chi connectivity index (χ4v) is 2.36. The highest BCUT2D eigenvalue weighted by Crippen LogP contribution is 2.43. The maximum Gasteiger partial charge on any atom is 0.416 e. The first-order chi connectivity index (χ1) is 9.41. The van der Waals surface area contributed by atoms with E-state index in [9.17, 15) is 18.0 Å². The van der Waals surface area contributed by atoms with Gasteiger partial charge >= 0.3 is 6.18 Å². The molecule has 0 unspecified atom stereocenters. The Hall–Kier alpha value is -2.09. The zero-order valence-corrected chi connectivity index (χ0v) is 9.97. The van der Waals surface area contributed by atoms with Gasteiger partial charge < -0.3 is 10.1 Å². The van der Waals surface area contributed by atoms with Crippen LogP contribution in [0.25, 0.3) is 22.0 Å². The van der Waals surface area contributed by atoms with Crippen molar-refractivity contribution in [3.05, 3.63) is 17.8 Å². The minimum absolute atomic E-state index is 0.0520. The zero-order valence-electron chi connectivity index (χ0n) is 9.97. The monoisotopic (exact) mass is 283 g/mol. The van der Waals surface area contributed by atoms with Crippen molar-refractivity contribution >= 4 is 16.8 Å². The standard InChI is InChI=1S/C12H8F3N3O2/c13-12(14,15)11(3-20-4-11)16-10(19)9-7-2-5-1-6(5)8(7)17-18-9/h1-2H,3-4H2,(H,16,19)(H,17,18). The maximum absolute atomic E-state index is 13.0. The van der Waals surface area contributed by atoms with Crippen LogP contribution in [0.3, 0.4) is 0 Å². The third-order valence-electron chi connectivity index (χ3n) is 3.71. The van der Waals surface area contributed by atoms with Gasteiger partial charge in [0.1, 0.15) is 11.2 Å². The molecule has 2 heterocycles. The number of ether oxygens (including phenoxy) is 1. The molecule has 0 saturated carbocycles. The van der Waals surface area contributed by atoms with Crippen LogP contribution >= 0.6 is 0 Å². The van der Waals surface area contributed by atoms with Gasteiger partial charge in [0.2, 0.25) is 0 Å². The summed E-state index contributed by atoms with van der Waals surface area (Å²) < 4.78 is 43.5. The molecule has 0 spiro atoms. The van der Waals surface area contributed by atoms with Gasteiger partial charge in [-0.25, -0.2) is 0 Å². The predicted molar refractivity (Wildman–Crippen MR) is 62.2 cm³/mol. The lowest BCUT2D eigenvalue weighted by Gasteiger charge is -2.42. The molecule has 0 radical (unpaired) electrons. The van der Waals surface area contributed by atoms with Crippen LogP contribution in [0.4, 0.5) is 13.2 Å². The Morgan fingerprint density at radius 2 is 2.15 bits per heavy atom. The molecule has 0 aromatic carbocycles. The summed E-state index contributed by atoms with van der Waals surface area (Å²) in [4.78, 5) is 12.1. The molecule has 8 heteroatoms. The largest absolute Gasteiger partial charge is 0.416 e. The number of hydrogen-bond donors (Lipinski definition) is 2. The van der Waals surface area contributed by atoms with E-state index < -0.39 is 30.8 Å². The van der Waals surface area contributed by atoms with Crippen LogP contribution in [0.1, 0.15) is 10.5 Å². The molecule has 2 N–H and O–H groups in total. The number of alkyl halides is 3. The van der Waals surface area contributed by atoms with Gasteiger partial charge in [0.15, 0.2) is 5.54 Å². The number of nitrogens with zero attached hydrogens (tertiary/aromatic N) is 1. The zero-order chi connectivity index (χ0) is 14.1. The van der Waals surface area contributed by atoms with Crippen molar-refractivity contribution in [3.8, 4) is 11.1 Å². The Morgan fingerprint density at radius 3 is 2.75 bits per heavy atom. The minimum Gasteiger partial charge on any atom is -0.376 e. The molecule has 0 bridgehead atoms. The maximum atomic E-state index is 13.0. The van der Waals surface area contributed by atoms with Crippen LogP contribution in [-0.4, -0.2) is 41.0 Å². The number of hydrogen-bond acceptors (Lipinski definition) is 3. The van der Waals surface area contributed by atoms with E-state index in [2.05, 4.69) is 14.9 Å². The lowest BCUT2D eigenvalue weighted by atomic mass is 9.96. The van der Waals surface area contributed by atoms with Crippen molar-refractivity contribution in [1.29, 1.82) is 0 Å². The van der Waals surface area contributed by atoms with E-state index >= 15 is 0 Å². The topological polar surface area (TPSA) is 67.0 Å². The smallest absolute Gasteiger partial charge is 0.376 e. The lowest BCUT2D eigenvalue weighted by Crippen LogP contribution is -2.70. The van der Waals surface area contributed by atoms with Crippen LogP contribution in [0.15, 0.2) is 12.1 Å². The summed E-state index contributed by atoms with van der Waals surface area (Å²) in [5, 5.41) is 9.03. The minimum atomic E-state index is -4.55. The molecule has 1 aromatic heterocycles. The van der Waals surface area contributed by atoms with Crippen molar-refractivity contribution in [2.24, 2.45) is 0 Å². The highest BCUT2D eigenvalue weighted by atomic mass is 19.4. The highest BCUT2D eigenvalue weighted by molar-refractivity contribution is 6.15. The van der Waals surface area contributed by atoms with Crippen LogP contribution in [0, 0.1) is 0 Å².